The van der Waals surface area contributed by atoms with E-state index < -0.39 is 0 Å². The number of hydrogen-bond acceptors (Lipinski definition) is 3. The van der Waals surface area contributed by atoms with Crippen LogP contribution in [0, 0.1) is 5.92 Å². The number of rotatable bonds is 8. The Morgan fingerprint density at radius 2 is 1.88 bits per heavy atom. The smallest absolute Gasteiger partial charge is 0.315 e. The molecule has 0 radical (unpaired) electrons. The zero-order valence-electron chi connectivity index (χ0n) is 15.6. The van der Waals surface area contributed by atoms with Crippen molar-refractivity contribution >= 4 is 6.03 Å². The summed E-state index contributed by atoms with van der Waals surface area (Å²) >= 11 is 0. The molecule has 1 aliphatic rings. The number of nitrogens with zero attached hydrogens (tertiary/aromatic N) is 1. The molecule has 25 heavy (non-hydrogen) atoms. The lowest BCUT2D eigenvalue weighted by atomic mass is 9.86. The van der Waals surface area contributed by atoms with Crippen LogP contribution in [0.25, 0.3) is 0 Å². The van der Waals surface area contributed by atoms with Crippen LogP contribution in [-0.4, -0.2) is 49.3 Å². The van der Waals surface area contributed by atoms with E-state index in [1.165, 1.54) is 12.8 Å². The molecular weight excluding hydrogens is 314 g/mol. The van der Waals surface area contributed by atoms with E-state index in [1.807, 2.05) is 30.3 Å². The zero-order valence-corrected chi connectivity index (χ0v) is 15.6. The molecule has 0 spiro atoms. The number of urea groups is 1. The molecule has 5 nitrogen and oxygen atoms in total. The summed E-state index contributed by atoms with van der Waals surface area (Å²) < 4.78 is 0. The second kappa shape index (κ2) is 10.4. The lowest BCUT2D eigenvalue weighted by Crippen LogP contribution is -2.45. The maximum absolute atomic E-state index is 12.4. The number of aliphatic hydroxyl groups is 1. The molecule has 3 N–H and O–H groups in total. The van der Waals surface area contributed by atoms with Crippen LogP contribution < -0.4 is 10.6 Å². The van der Waals surface area contributed by atoms with Crippen LogP contribution in [0.1, 0.15) is 50.1 Å². The first-order chi connectivity index (χ1) is 12.1. The predicted octanol–water partition coefficient (Wildman–Crippen LogP) is 2.92. The molecule has 5 heteroatoms. The third-order valence-corrected chi connectivity index (χ3v) is 4.96. The van der Waals surface area contributed by atoms with E-state index in [-0.39, 0.29) is 24.7 Å². The van der Waals surface area contributed by atoms with Gasteiger partial charge in [0.15, 0.2) is 0 Å². The van der Waals surface area contributed by atoms with E-state index in [1.54, 1.807) is 0 Å². The minimum Gasteiger partial charge on any atom is -0.396 e. The highest BCUT2D eigenvalue weighted by Crippen LogP contribution is 2.25. The van der Waals surface area contributed by atoms with Gasteiger partial charge in [-0.05, 0) is 64.1 Å². The third-order valence-electron chi connectivity index (χ3n) is 4.96. The Labute approximate surface area is 151 Å². The maximum atomic E-state index is 12.4. The Hall–Kier alpha value is -1.59. The topological polar surface area (TPSA) is 64.6 Å². The van der Waals surface area contributed by atoms with Crippen molar-refractivity contribution in [2.24, 2.45) is 5.92 Å². The Balaban J connectivity index is 1.81. The number of carbonyl (C=O) groups is 1. The van der Waals surface area contributed by atoms with Crippen molar-refractivity contribution in [2.75, 3.05) is 27.2 Å². The van der Waals surface area contributed by atoms with Crippen LogP contribution in [0.3, 0.4) is 0 Å². The second-order valence-corrected chi connectivity index (χ2v) is 7.43. The van der Waals surface area contributed by atoms with Gasteiger partial charge in [-0.3, -0.25) is 0 Å². The van der Waals surface area contributed by atoms with Crippen LogP contribution in [0.2, 0.25) is 0 Å². The third kappa shape index (κ3) is 7.04. The highest BCUT2D eigenvalue weighted by atomic mass is 16.3. The maximum Gasteiger partial charge on any atom is 0.315 e. The van der Waals surface area contributed by atoms with Crippen LogP contribution in [0.15, 0.2) is 30.3 Å². The van der Waals surface area contributed by atoms with Crippen LogP contribution in [0.5, 0.6) is 0 Å². The minimum atomic E-state index is -0.0946. The van der Waals surface area contributed by atoms with Crippen molar-refractivity contribution in [2.45, 2.75) is 50.6 Å². The summed E-state index contributed by atoms with van der Waals surface area (Å²) in [5, 5.41) is 15.3. The SMILES string of the molecule is CN(C)CC1CCC(NC(=O)NC(CCCO)c2ccccc2)CC1. The molecule has 1 atom stereocenters. The molecule has 0 bridgehead atoms. The first-order valence-corrected chi connectivity index (χ1v) is 9.46. The Morgan fingerprint density at radius 3 is 2.48 bits per heavy atom. The first kappa shape index (κ1) is 19.7. The highest BCUT2D eigenvalue weighted by Gasteiger charge is 2.23. The summed E-state index contributed by atoms with van der Waals surface area (Å²) in [5.41, 5.74) is 1.08. The van der Waals surface area contributed by atoms with E-state index in [2.05, 4.69) is 29.6 Å². The van der Waals surface area contributed by atoms with Crippen molar-refractivity contribution in [3.8, 4) is 0 Å². The average Bonchev–Trinajstić information content (AvgIpc) is 2.60. The van der Waals surface area contributed by atoms with Crippen LogP contribution in [-0.2, 0) is 0 Å². The summed E-state index contributed by atoms with van der Waals surface area (Å²) in [6, 6.07) is 10.1. The van der Waals surface area contributed by atoms with E-state index in [0.717, 1.165) is 37.3 Å². The predicted molar refractivity (Wildman–Crippen MR) is 101 cm³/mol. The first-order valence-electron chi connectivity index (χ1n) is 9.46. The molecule has 1 aliphatic carbocycles. The number of aliphatic hydroxyl groups excluding tert-OH is 1. The molecule has 140 valence electrons. The van der Waals surface area contributed by atoms with E-state index in [4.69, 9.17) is 5.11 Å². The van der Waals surface area contributed by atoms with Gasteiger partial charge in [0.2, 0.25) is 0 Å². The van der Waals surface area contributed by atoms with Gasteiger partial charge in [-0.1, -0.05) is 30.3 Å². The van der Waals surface area contributed by atoms with Gasteiger partial charge < -0.3 is 20.6 Å². The summed E-state index contributed by atoms with van der Waals surface area (Å²) in [7, 11) is 4.24. The molecular formula is C20H33N3O2. The number of benzene rings is 1. The Kier molecular flexibility index (Phi) is 8.22. The van der Waals surface area contributed by atoms with E-state index in [0.29, 0.717) is 6.42 Å². The summed E-state index contributed by atoms with van der Waals surface area (Å²) in [4.78, 5) is 14.7. The molecule has 1 aromatic carbocycles. The van der Waals surface area contributed by atoms with Gasteiger partial charge in [0.05, 0.1) is 6.04 Å². The number of hydrogen-bond donors (Lipinski definition) is 3. The normalized spacial score (nSPS) is 21.8. The molecule has 1 saturated carbocycles. The molecule has 1 unspecified atom stereocenters. The van der Waals surface area contributed by atoms with Gasteiger partial charge >= 0.3 is 6.03 Å². The molecule has 2 rings (SSSR count). The van der Waals surface area contributed by atoms with Crippen molar-refractivity contribution in [3.63, 3.8) is 0 Å². The van der Waals surface area contributed by atoms with Gasteiger partial charge in [-0.15, -0.1) is 0 Å². The molecule has 2 amide bonds. The van der Waals surface area contributed by atoms with Gasteiger partial charge in [-0.2, -0.15) is 0 Å². The standard InChI is InChI=1S/C20H33N3O2/c1-23(2)15-16-10-12-18(13-11-16)21-20(25)22-19(9-6-14-24)17-7-4-3-5-8-17/h3-5,7-8,16,18-19,24H,6,9-15H2,1-2H3,(H2,21,22,25). The van der Waals surface area contributed by atoms with Crippen molar-refractivity contribution < 1.29 is 9.90 Å². The minimum absolute atomic E-state index is 0.0570. The molecule has 0 aromatic heterocycles. The summed E-state index contributed by atoms with van der Waals surface area (Å²) in [6.07, 6.45) is 5.88. The lowest BCUT2D eigenvalue weighted by molar-refractivity contribution is 0.211. The van der Waals surface area contributed by atoms with Gasteiger partial charge in [0.25, 0.3) is 0 Å². The molecule has 1 aromatic rings. The average molecular weight is 348 g/mol. The zero-order chi connectivity index (χ0) is 18.1. The highest BCUT2D eigenvalue weighted by molar-refractivity contribution is 5.74. The number of amides is 2. The van der Waals surface area contributed by atoms with Crippen LogP contribution >= 0.6 is 0 Å². The molecule has 1 fully saturated rings. The van der Waals surface area contributed by atoms with Crippen molar-refractivity contribution in [3.05, 3.63) is 35.9 Å². The van der Waals surface area contributed by atoms with E-state index in [9.17, 15) is 4.79 Å². The number of nitrogens with one attached hydrogen (secondary N) is 2. The monoisotopic (exact) mass is 347 g/mol. The summed E-state index contributed by atoms with van der Waals surface area (Å²) in [6.45, 7) is 1.28. The van der Waals surface area contributed by atoms with Crippen LogP contribution in [0.4, 0.5) is 4.79 Å². The molecule has 0 heterocycles. The largest absolute Gasteiger partial charge is 0.396 e. The fourth-order valence-corrected chi connectivity index (χ4v) is 3.69. The number of carbonyl (C=O) groups excluding carboxylic acids is 1. The fourth-order valence-electron chi connectivity index (χ4n) is 3.69. The Morgan fingerprint density at radius 1 is 1.20 bits per heavy atom. The molecule has 0 saturated heterocycles. The van der Waals surface area contributed by atoms with Gasteiger partial charge in [0.1, 0.15) is 0 Å². The van der Waals surface area contributed by atoms with E-state index >= 15 is 0 Å². The van der Waals surface area contributed by atoms with Crippen molar-refractivity contribution in [1.29, 1.82) is 0 Å². The summed E-state index contributed by atoms with van der Waals surface area (Å²) in [5.74, 6) is 0.748. The van der Waals surface area contributed by atoms with Gasteiger partial charge in [0, 0.05) is 19.2 Å². The quantitative estimate of drug-likeness (QED) is 0.677. The molecule has 0 aliphatic heterocycles. The van der Waals surface area contributed by atoms with Gasteiger partial charge in [-0.25, -0.2) is 4.79 Å². The second-order valence-electron chi connectivity index (χ2n) is 7.43. The lowest BCUT2D eigenvalue weighted by Gasteiger charge is -2.31. The van der Waals surface area contributed by atoms with Crippen molar-refractivity contribution in [1.82, 2.24) is 15.5 Å². The fraction of sp³-hybridized carbons (Fsp3) is 0.650. The Bertz CT molecular complexity index is 499.